The second kappa shape index (κ2) is 45.7. The van der Waals surface area contributed by atoms with E-state index >= 15 is 0 Å². The first-order valence-electron chi connectivity index (χ1n) is 49.9. The second-order valence-electron chi connectivity index (χ2n) is 47.3. The fourth-order valence-corrected chi connectivity index (χ4v) is 24.2. The molecule has 2 saturated heterocycles. The van der Waals surface area contributed by atoms with Crippen LogP contribution in [-0.4, -0.2) is 143 Å². The monoisotopic (exact) mass is 1850 g/mol. The molecule has 4 saturated carbocycles. The van der Waals surface area contributed by atoms with Gasteiger partial charge in [0.25, 0.3) is 19.4 Å². The first-order chi connectivity index (χ1) is 60.7. The Bertz CT molecular complexity index is 4190. The molecule has 750 valence electrons. The number of aliphatic hydroxyl groups is 3. The third-order valence-corrected chi connectivity index (χ3v) is 37.0. The average molecular weight is 1850 g/mol. The lowest BCUT2D eigenvalue weighted by atomic mass is 9.72. The van der Waals surface area contributed by atoms with Crippen molar-refractivity contribution in [3.8, 4) is 0 Å². The van der Waals surface area contributed by atoms with Crippen LogP contribution in [0.3, 0.4) is 0 Å². The van der Waals surface area contributed by atoms with Crippen LogP contribution < -0.4 is 0 Å². The molecule has 8 rings (SSSR count). The van der Waals surface area contributed by atoms with E-state index in [9.17, 15) is 68.1 Å². The Morgan fingerprint density at radius 1 is 0.348 bits per heavy atom. The molecule has 8 aliphatic rings. The largest absolute Gasteiger partial charge is 0.464 e. The summed E-state index contributed by atoms with van der Waals surface area (Å²) in [5, 5.41) is 32.5. The minimum atomic E-state index is -1.19. The maximum absolute atomic E-state index is 13.6. The van der Waals surface area contributed by atoms with Crippen LogP contribution in [0, 0.1) is 136 Å². The zero-order chi connectivity index (χ0) is 101. The maximum Gasteiger partial charge on any atom is 0.331 e. The minimum Gasteiger partial charge on any atom is -0.464 e. The lowest BCUT2D eigenvalue weighted by Gasteiger charge is -2.36. The lowest BCUT2D eigenvalue weighted by Crippen LogP contribution is -2.47. The third-order valence-electron chi connectivity index (χ3n) is 37.0. The molecule has 26 atom stereocenters. The quantitative estimate of drug-likeness (QED) is 0.0792. The van der Waals surface area contributed by atoms with Gasteiger partial charge in [-0.05, 0) is 287 Å². The Hall–Kier alpha value is -6.71. The average Bonchev–Trinajstić information content (AvgIpc) is 1.55. The summed E-state index contributed by atoms with van der Waals surface area (Å²) in [6.07, 6.45) is 22.2. The van der Waals surface area contributed by atoms with Gasteiger partial charge in [0.2, 0.25) is 0 Å². The van der Waals surface area contributed by atoms with Gasteiger partial charge in [-0.2, -0.15) is 0 Å². The Morgan fingerprint density at radius 3 is 0.902 bits per heavy atom. The summed E-state index contributed by atoms with van der Waals surface area (Å²) >= 11 is 0. The van der Waals surface area contributed by atoms with Crippen LogP contribution in [0.2, 0.25) is 0 Å². The van der Waals surface area contributed by atoms with E-state index in [1.54, 1.807) is 88.3 Å². The topological polar surface area (TPSA) is 313 Å². The van der Waals surface area contributed by atoms with Crippen molar-refractivity contribution in [1.82, 2.24) is 0 Å². The molecule has 0 aromatic rings. The van der Waals surface area contributed by atoms with E-state index in [0.717, 1.165) is 125 Å². The number of aliphatic hydroxyl groups excluding tert-OH is 3. The van der Waals surface area contributed by atoms with E-state index in [2.05, 4.69) is 90.0 Å². The molecule has 0 aromatic carbocycles. The van der Waals surface area contributed by atoms with Crippen LogP contribution in [-0.2, 0) is 85.9 Å². The fraction of sp³-hybridized carbons (Fsp3) is 0.793. The van der Waals surface area contributed by atoms with Crippen molar-refractivity contribution in [3.05, 3.63) is 70.9 Å². The number of fused-ring (bicyclic) bond motifs is 4. The first kappa shape index (κ1) is 116. The van der Waals surface area contributed by atoms with Crippen molar-refractivity contribution in [2.75, 3.05) is 0 Å². The second-order valence-corrected chi connectivity index (χ2v) is 47.3. The lowest BCUT2D eigenvalue weighted by molar-refractivity contribution is -0.162. The Balaban J connectivity index is 0.000000312. The molecule has 4 aliphatic heterocycles. The standard InChI is InChI=1S/C29H46O7.C28H44O5.C27H46O5.C27H44O4/c1-10-18(2)21-14-22-28(7,8)29(22,9)13-11-12-19(3)25(35-17-31)20(4)26(33)27(5,6)23(34-16-30)15-24(32)36-21;1-10-18(2)21-16-22-27(7,8)28(22,9)14-11-12-19(3)24(32-17-29)20(4)25(31)26(5,6)15-13-23(30)33-21;1-10-16(2)19-14-20-26(7,8)27(20,9)13-11-12-17(3)23(30)18(4)24(31)25(5,6)21(28)15-22(29)32-19;1-10-17(2)20-16-21-26(7,8)27(21,9)14-11-12-18(3)23(29)19(4)24(30)25(5,6)15-13-22(28)31-20/h10,16-17,19-23,25H,11-15H2,1-9H3;10,13,15,17,19-22,24H,11-12,14,16H2,1-9H3;10,17-21,23,28,30H,11-15H2,1-9H3;10,13,15,18-21,23,29H,11-12,14,16H2,1-9H3/b18-10+;15-13+,18-10+;16-10+;15-13+,17-10+. The minimum absolute atomic E-state index is 0.0123. The van der Waals surface area contributed by atoms with Crippen LogP contribution in [0.1, 0.15) is 365 Å². The van der Waals surface area contributed by atoms with Crippen molar-refractivity contribution in [2.24, 2.45) is 136 Å². The maximum atomic E-state index is 13.6. The molecule has 26 unspecified atom stereocenters. The highest BCUT2D eigenvalue weighted by molar-refractivity contribution is 5.92. The molecule has 21 nitrogen and oxygen atoms in total. The normalized spacial score (nSPS) is 39.5. The van der Waals surface area contributed by atoms with Crippen LogP contribution in [0.15, 0.2) is 70.9 Å². The molecule has 0 bridgehead atoms. The van der Waals surface area contributed by atoms with Crippen LogP contribution in [0.4, 0.5) is 0 Å². The number of allylic oxidation sites excluding steroid dienone is 6. The van der Waals surface area contributed by atoms with Crippen LogP contribution in [0.25, 0.3) is 0 Å². The molecule has 4 heterocycles. The van der Waals surface area contributed by atoms with Crippen LogP contribution >= 0.6 is 0 Å². The van der Waals surface area contributed by atoms with E-state index in [1.807, 2.05) is 107 Å². The number of carbonyl (C=O) groups excluding carboxylic acids is 11. The van der Waals surface area contributed by atoms with Crippen molar-refractivity contribution in [2.45, 2.75) is 426 Å². The highest BCUT2D eigenvalue weighted by Gasteiger charge is 2.70. The predicted molar refractivity (Wildman–Crippen MR) is 519 cm³/mol. The molecule has 21 heteroatoms. The molecule has 6 fully saturated rings. The van der Waals surface area contributed by atoms with Gasteiger partial charge >= 0.3 is 23.9 Å². The van der Waals surface area contributed by atoms with Gasteiger partial charge in [0, 0.05) is 34.8 Å². The molecular formula is C111H180O21. The number of hydrogen-bond donors (Lipinski definition) is 3. The van der Waals surface area contributed by atoms with E-state index in [-0.39, 0.29) is 134 Å². The number of rotatable bonds is 10. The zero-order valence-corrected chi connectivity index (χ0v) is 88.5. The van der Waals surface area contributed by atoms with Crippen LogP contribution in [0.5, 0.6) is 0 Å². The van der Waals surface area contributed by atoms with Gasteiger partial charge in [0.15, 0.2) is 0 Å². The number of carbonyl (C=O) groups is 11. The summed E-state index contributed by atoms with van der Waals surface area (Å²) in [6.45, 7) is 73.6. The number of cyclic esters (lactones) is 4. The predicted octanol–water partition coefficient (Wildman–Crippen LogP) is 22.5. The summed E-state index contributed by atoms with van der Waals surface area (Å²) in [7, 11) is 0. The molecule has 0 aromatic heterocycles. The van der Waals surface area contributed by atoms with E-state index in [1.165, 1.54) is 12.2 Å². The third kappa shape index (κ3) is 26.0. The smallest absolute Gasteiger partial charge is 0.331 e. The SMILES string of the molecule is C/C=C(\C)C1CC2C(C)(C)C2(C)CCCC(C)C(O)C(C)C(=O)C(C)(C)/C=C/C(=O)O1.C/C=C(\C)C1CC2C(C)(C)C2(C)CCCC(C)C(O)C(C)C(=O)C(C)(C)C(O)CC(=O)O1.C/C=C(\C)C1CC2C(C)(C)C2(C)CCCC(C)C(OC=O)C(C)C(=O)C(C)(C)/C=C/C(=O)O1.C/C=C(\C)C1CC2C(C)(C)C2(C)CCCC(C)C(OC=O)C(C)C(=O)C(C)(C)C(OC=O)CC(=O)O1. The summed E-state index contributed by atoms with van der Waals surface area (Å²) in [5.74, 6) is -2.84. The Kier molecular flexibility index (Phi) is 40.1. The first-order valence-corrected chi connectivity index (χ1v) is 49.9. The van der Waals surface area contributed by atoms with Gasteiger partial charge in [-0.25, -0.2) is 9.59 Å². The van der Waals surface area contributed by atoms with E-state index < -0.39 is 106 Å². The fourth-order valence-electron chi connectivity index (χ4n) is 24.2. The van der Waals surface area contributed by atoms with Crippen molar-refractivity contribution < 1.29 is 101 Å². The molecule has 0 radical (unpaired) electrons. The summed E-state index contributed by atoms with van der Waals surface area (Å²) in [4.78, 5) is 138. The Labute approximate surface area is 796 Å². The number of Topliss-reactive ketones (excluding diaryl/α,β-unsaturated/α-hetero) is 4. The summed E-state index contributed by atoms with van der Waals surface area (Å²) in [5.41, 5.74) is 1.19. The van der Waals surface area contributed by atoms with Crippen molar-refractivity contribution >= 4 is 66.4 Å². The van der Waals surface area contributed by atoms with E-state index in [4.69, 9.17) is 33.2 Å². The zero-order valence-electron chi connectivity index (χ0n) is 88.5. The molecule has 0 spiro atoms. The highest BCUT2D eigenvalue weighted by atomic mass is 16.6. The van der Waals surface area contributed by atoms with Gasteiger partial charge < -0.3 is 48.5 Å². The number of hydrogen-bond acceptors (Lipinski definition) is 21. The number of ketones is 4. The van der Waals surface area contributed by atoms with Crippen molar-refractivity contribution in [3.63, 3.8) is 0 Å². The van der Waals surface area contributed by atoms with Crippen molar-refractivity contribution in [1.29, 1.82) is 0 Å². The number of esters is 4. The molecular weight excluding hydrogens is 1670 g/mol. The van der Waals surface area contributed by atoms with Gasteiger partial charge in [-0.3, -0.25) is 43.2 Å². The van der Waals surface area contributed by atoms with Gasteiger partial charge in [0.1, 0.15) is 65.9 Å². The van der Waals surface area contributed by atoms with Gasteiger partial charge in [-0.15, -0.1) is 0 Å². The highest BCUT2D eigenvalue weighted by Crippen LogP contribution is 2.76. The molecule has 0 amide bonds. The van der Waals surface area contributed by atoms with Gasteiger partial charge in [0.05, 0.1) is 53.8 Å². The molecule has 4 aliphatic carbocycles. The molecule has 3 N–H and O–H groups in total. The summed E-state index contributed by atoms with van der Waals surface area (Å²) in [6, 6.07) is 0. The van der Waals surface area contributed by atoms with E-state index in [0.29, 0.717) is 36.6 Å². The molecule has 132 heavy (non-hydrogen) atoms. The summed E-state index contributed by atoms with van der Waals surface area (Å²) < 4.78 is 39.8. The number of ether oxygens (including phenoxy) is 7. The van der Waals surface area contributed by atoms with Gasteiger partial charge in [-0.1, -0.05) is 214 Å². The Morgan fingerprint density at radius 2 is 0.606 bits per heavy atom.